The number of nitrogens with zero attached hydrogens (tertiary/aromatic N) is 4. The summed E-state index contributed by atoms with van der Waals surface area (Å²) in [5.74, 6) is -0.0865. The van der Waals surface area contributed by atoms with Crippen LogP contribution in [0.25, 0.3) is 21.2 Å². The van der Waals surface area contributed by atoms with Crippen LogP contribution in [-0.4, -0.2) is 29.9 Å². The summed E-state index contributed by atoms with van der Waals surface area (Å²) >= 11 is 0. The van der Waals surface area contributed by atoms with Crippen LogP contribution < -0.4 is 4.74 Å². The molecule has 132 valence electrons. The predicted octanol–water partition coefficient (Wildman–Crippen LogP) is 4.46. The molecule has 1 heterocycles. The van der Waals surface area contributed by atoms with Gasteiger partial charge < -0.3 is 4.74 Å². The van der Waals surface area contributed by atoms with Crippen molar-refractivity contribution in [3.05, 3.63) is 82.2 Å². The van der Waals surface area contributed by atoms with Crippen molar-refractivity contribution in [2.24, 2.45) is 5.11 Å². The summed E-state index contributed by atoms with van der Waals surface area (Å²) in [5, 5.41) is 4.77. The lowest BCUT2D eigenvalue weighted by Gasteiger charge is -2.27. The number of azide groups is 1. The first-order valence-electron chi connectivity index (χ1n) is 8.35. The van der Waals surface area contributed by atoms with Crippen LogP contribution in [-0.2, 0) is 0 Å². The first kappa shape index (κ1) is 16.6. The van der Waals surface area contributed by atoms with E-state index in [1.54, 1.807) is 30.3 Å². The van der Waals surface area contributed by atoms with Crippen LogP contribution in [0.15, 0.2) is 65.8 Å². The highest BCUT2D eigenvalue weighted by atomic mass is 16.5. The molecule has 7 nitrogen and oxygen atoms in total. The van der Waals surface area contributed by atoms with E-state index in [0.717, 1.165) is 0 Å². The molecule has 0 spiro atoms. The summed E-state index contributed by atoms with van der Waals surface area (Å²) in [7, 11) is 0. The highest BCUT2D eigenvalue weighted by Gasteiger charge is 2.32. The largest absolute Gasteiger partial charge is 0.492 e. The molecule has 0 atom stereocenters. The lowest BCUT2D eigenvalue weighted by atomic mass is 9.93. The fraction of sp³-hybridized carbons (Fsp3) is 0.100. The second-order valence-electron chi connectivity index (χ2n) is 5.97. The molecule has 3 aromatic carbocycles. The van der Waals surface area contributed by atoms with Crippen molar-refractivity contribution in [2.75, 3.05) is 13.2 Å². The predicted molar refractivity (Wildman–Crippen MR) is 100 cm³/mol. The molecule has 1 aliphatic rings. The fourth-order valence-corrected chi connectivity index (χ4v) is 3.24. The molecule has 3 aromatic rings. The van der Waals surface area contributed by atoms with Crippen molar-refractivity contribution in [1.82, 2.24) is 4.90 Å². The zero-order chi connectivity index (χ0) is 18.8. The fourth-order valence-electron chi connectivity index (χ4n) is 3.24. The van der Waals surface area contributed by atoms with Gasteiger partial charge in [-0.05, 0) is 35.2 Å². The van der Waals surface area contributed by atoms with Crippen LogP contribution in [0.2, 0.25) is 0 Å². The van der Waals surface area contributed by atoms with Crippen LogP contribution in [0.5, 0.6) is 5.75 Å². The topological polar surface area (TPSA) is 95.4 Å². The Morgan fingerprint density at radius 3 is 2.41 bits per heavy atom. The maximum absolute atomic E-state index is 12.9. The summed E-state index contributed by atoms with van der Waals surface area (Å²) < 4.78 is 5.62. The first-order chi connectivity index (χ1) is 13.2. The average molecular weight is 358 g/mol. The molecule has 0 fully saturated rings. The molecule has 0 saturated heterocycles. The third-order valence-electron chi connectivity index (χ3n) is 4.45. The SMILES string of the molecule is [N-]=[N+]=Nc1ccc2c3c(cccc13)C(=O)N(CCOc1ccccc1)C2=O. The minimum atomic E-state index is -0.382. The molecule has 0 aliphatic carbocycles. The smallest absolute Gasteiger partial charge is 0.261 e. The third kappa shape index (κ3) is 2.86. The van der Waals surface area contributed by atoms with Crippen LogP contribution >= 0.6 is 0 Å². The van der Waals surface area contributed by atoms with Gasteiger partial charge in [0.15, 0.2) is 0 Å². The zero-order valence-corrected chi connectivity index (χ0v) is 14.2. The Labute approximate surface area is 154 Å². The van der Waals surface area contributed by atoms with E-state index in [1.807, 2.05) is 30.3 Å². The molecule has 0 N–H and O–H groups in total. The highest BCUT2D eigenvalue weighted by Crippen LogP contribution is 2.35. The van der Waals surface area contributed by atoms with E-state index in [2.05, 4.69) is 10.0 Å². The lowest BCUT2D eigenvalue weighted by Crippen LogP contribution is -2.42. The number of hydrogen-bond acceptors (Lipinski definition) is 4. The van der Waals surface area contributed by atoms with Crippen molar-refractivity contribution in [3.63, 3.8) is 0 Å². The van der Waals surface area contributed by atoms with Crippen molar-refractivity contribution < 1.29 is 14.3 Å². The van der Waals surface area contributed by atoms with Gasteiger partial charge in [0.1, 0.15) is 12.4 Å². The molecule has 27 heavy (non-hydrogen) atoms. The van der Waals surface area contributed by atoms with E-state index >= 15 is 0 Å². The number of rotatable bonds is 5. The molecule has 1 aliphatic heterocycles. The maximum atomic E-state index is 12.9. The minimum absolute atomic E-state index is 0.139. The van der Waals surface area contributed by atoms with Gasteiger partial charge in [0.2, 0.25) is 0 Å². The quantitative estimate of drug-likeness (QED) is 0.292. The summed E-state index contributed by atoms with van der Waals surface area (Å²) in [6.07, 6.45) is 0. The standard InChI is InChI=1S/C20H14N4O3/c21-23-22-17-10-9-16-18-14(17)7-4-8-15(18)19(25)24(20(16)26)11-12-27-13-5-2-1-3-6-13/h1-10H,11-12H2. The van der Waals surface area contributed by atoms with Gasteiger partial charge in [0.05, 0.1) is 6.54 Å². The second-order valence-corrected chi connectivity index (χ2v) is 5.97. The number of amides is 2. The van der Waals surface area contributed by atoms with Gasteiger partial charge in [-0.15, -0.1) is 0 Å². The summed E-state index contributed by atoms with van der Waals surface area (Å²) in [5.41, 5.74) is 9.94. The highest BCUT2D eigenvalue weighted by molar-refractivity contribution is 6.26. The molecule has 2 amide bonds. The Morgan fingerprint density at radius 1 is 0.926 bits per heavy atom. The third-order valence-corrected chi connectivity index (χ3v) is 4.45. The van der Waals surface area contributed by atoms with E-state index in [1.165, 1.54) is 4.90 Å². The number of carbonyl (C=O) groups excluding carboxylic acids is 2. The molecule has 0 saturated carbocycles. The van der Waals surface area contributed by atoms with Crippen LogP contribution in [0.3, 0.4) is 0 Å². The monoisotopic (exact) mass is 358 g/mol. The van der Waals surface area contributed by atoms with Gasteiger partial charge in [-0.2, -0.15) is 0 Å². The molecule has 0 radical (unpaired) electrons. The number of benzene rings is 3. The van der Waals surface area contributed by atoms with E-state index < -0.39 is 0 Å². The van der Waals surface area contributed by atoms with Gasteiger partial charge in [0.25, 0.3) is 11.8 Å². The number of imide groups is 1. The number of carbonyl (C=O) groups is 2. The number of para-hydroxylation sites is 1. The summed E-state index contributed by atoms with van der Waals surface area (Å²) in [6.45, 7) is 0.337. The lowest BCUT2D eigenvalue weighted by molar-refractivity contribution is 0.0587. The summed E-state index contributed by atoms with van der Waals surface area (Å²) in [4.78, 5) is 29.7. The van der Waals surface area contributed by atoms with Crippen molar-refractivity contribution in [1.29, 1.82) is 0 Å². The Kier molecular flexibility index (Phi) is 4.20. The molecular formula is C20H14N4O3. The Morgan fingerprint density at radius 2 is 1.67 bits per heavy atom. The first-order valence-corrected chi connectivity index (χ1v) is 8.35. The van der Waals surface area contributed by atoms with E-state index in [9.17, 15) is 9.59 Å². The summed E-state index contributed by atoms with van der Waals surface area (Å²) in [6, 6.07) is 17.5. The van der Waals surface area contributed by atoms with Gasteiger partial charge in [-0.1, -0.05) is 41.5 Å². The molecule has 0 bridgehead atoms. The van der Waals surface area contributed by atoms with Gasteiger partial charge in [0, 0.05) is 27.1 Å². The van der Waals surface area contributed by atoms with Crippen molar-refractivity contribution >= 4 is 28.3 Å². The molecule has 7 heteroatoms. The van der Waals surface area contributed by atoms with Crippen molar-refractivity contribution in [3.8, 4) is 5.75 Å². The van der Waals surface area contributed by atoms with E-state index in [0.29, 0.717) is 33.3 Å². The van der Waals surface area contributed by atoms with Crippen LogP contribution in [0.1, 0.15) is 20.7 Å². The van der Waals surface area contributed by atoms with E-state index in [4.69, 9.17) is 10.3 Å². The second kappa shape index (κ2) is 6.82. The Balaban J connectivity index is 1.66. The molecular weight excluding hydrogens is 344 g/mol. The van der Waals surface area contributed by atoms with Gasteiger partial charge >= 0.3 is 0 Å². The molecule has 0 unspecified atom stereocenters. The normalized spacial score (nSPS) is 12.8. The Hall–Kier alpha value is -3.83. The average Bonchev–Trinajstić information content (AvgIpc) is 2.70. The maximum Gasteiger partial charge on any atom is 0.261 e. The van der Waals surface area contributed by atoms with Gasteiger partial charge in [-0.25, -0.2) is 0 Å². The van der Waals surface area contributed by atoms with E-state index in [-0.39, 0.29) is 25.0 Å². The number of hydrogen-bond donors (Lipinski definition) is 0. The van der Waals surface area contributed by atoms with Crippen LogP contribution in [0.4, 0.5) is 5.69 Å². The zero-order valence-electron chi connectivity index (χ0n) is 14.2. The van der Waals surface area contributed by atoms with Crippen molar-refractivity contribution in [2.45, 2.75) is 0 Å². The molecule has 0 aromatic heterocycles. The van der Waals surface area contributed by atoms with Crippen LogP contribution in [0, 0.1) is 0 Å². The minimum Gasteiger partial charge on any atom is -0.492 e. The van der Waals surface area contributed by atoms with Gasteiger partial charge in [-0.3, -0.25) is 14.5 Å². The molecule has 4 rings (SSSR count). The number of ether oxygens (including phenoxy) is 1. The Bertz CT molecular complexity index is 1080.